The number of rotatable bonds is 4. The Morgan fingerprint density at radius 3 is 2.72 bits per heavy atom. The fraction of sp³-hybridized carbons (Fsp3) is 0.0952. The molecule has 0 saturated carbocycles. The number of nitrogens with one attached hydrogen (secondary N) is 1. The molecule has 0 bridgehead atoms. The Kier molecular flexibility index (Phi) is 5.13. The minimum atomic E-state index is -0.439. The van der Waals surface area contributed by atoms with Crippen molar-refractivity contribution in [3.63, 3.8) is 0 Å². The summed E-state index contributed by atoms with van der Waals surface area (Å²) in [7, 11) is 0. The van der Waals surface area contributed by atoms with Crippen molar-refractivity contribution in [2.24, 2.45) is 5.10 Å². The minimum Gasteiger partial charge on any atom is -0.451 e. The molecule has 4 aromatic rings. The fourth-order valence-corrected chi connectivity index (χ4v) is 3.54. The smallest absolute Gasteiger partial charge is 0.307 e. The van der Waals surface area contributed by atoms with Crippen molar-refractivity contribution < 1.29 is 9.21 Å². The first kappa shape index (κ1) is 19.2. The molecule has 4 rings (SSSR count). The Bertz CT molecular complexity index is 1260. The number of furan rings is 1. The quantitative estimate of drug-likeness (QED) is 0.355. The van der Waals surface area contributed by atoms with Crippen molar-refractivity contribution in [2.45, 2.75) is 13.8 Å². The van der Waals surface area contributed by atoms with Crippen LogP contribution in [0, 0.1) is 13.8 Å². The summed E-state index contributed by atoms with van der Waals surface area (Å²) >= 11 is 12.5. The van der Waals surface area contributed by atoms with Gasteiger partial charge in [-0.1, -0.05) is 47.5 Å². The van der Waals surface area contributed by atoms with Gasteiger partial charge in [-0.05, 0) is 38.1 Å². The van der Waals surface area contributed by atoms with Gasteiger partial charge in [0.05, 0.1) is 23.2 Å². The first-order valence-electron chi connectivity index (χ1n) is 8.78. The monoisotopic (exact) mass is 426 g/mol. The van der Waals surface area contributed by atoms with Crippen LogP contribution in [-0.4, -0.2) is 21.9 Å². The maximum Gasteiger partial charge on any atom is 0.307 e. The summed E-state index contributed by atoms with van der Waals surface area (Å²) in [5, 5.41) is 10.3. The summed E-state index contributed by atoms with van der Waals surface area (Å²) in [5.74, 6) is -0.216. The minimum absolute atomic E-state index is 0.223. The van der Waals surface area contributed by atoms with E-state index in [0.29, 0.717) is 27.0 Å². The lowest BCUT2D eigenvalue weighted by atomic mass is 10.1. The number of hydrogen-bond acceptors (Lipinski definition) is 4. The van der Waals surface area contributed by atoms with Crippen LogP contribution < -0.4 is 5.43 Å². The Labute approximate surface area is 176 Å². The van der Waals surface area contributed by atoms with Gasteiger partial charge in [0.2, 0.25) is 0 Å². The second-order valence-electron chi connectivity index (χ2n) is 6.43. The molecule has 0 atom stereocenters. The highest BCUT2D eigenvalue weighted by molar-refractivity contribution is 6.32. The number of carbonyl (C=O) groups excluding carboxylic acids is 1. The third kappa shape index (κ3) is 3.64. The third-order valence-electron chi connectivity index (χ3n) is 4.51. The second-order valence-corrected chi connectivity index (χ2v) is 7.23. The van der Waals surface area contributed by atoms with E-state index >= 15 is 0 Å². The van der Waals surface area contributed by atoms with E-state index in [1.54, 1.807) is 23.7 Å². The van der Waals surface area contributed by atoms with Crippen LogP contribution in [0.5, 0.6) is 0 Å². The van der Waals surface area contributed by atoms with Crippen LogP contribution in [0.4, 0.5) is 0 Å². The Hall–Kier alpha value is -3.09. The number of aryl methyl sites for hydroxylation is 2. The zero-order chi connectivity index (χ0) is 20.5. The number of benzene rings is 2. The number of aromatic nitrogens is 2. The number of fused-ring (bicyclic) bond motifs is 1. The number of carbonyl (C=O) groups is 1. The summed E-state index contributed by atoms with van der Waals surface area (Å²) in [6.07, 6.45) is 1.46. The van der Waals surface area contributed by atoms with Crippen LogP contribution in [0.25, 0.3) is 16.7 Å². The van der Waals surface area contributed by atoms with Crippen LogP contribution in [-0.2, 0) is 0 Å². The molecule has 8 heteroatoms. The van der Waals surface area contributed by atoms with Gasteiger partial charge in [-0.15, -0.1) is 0 Å². The number of halogens is 2. The van der Waals surface area contributed by atoms with Crippen LogP contribution in [0.1, 0.15) is 27.4 Å². The lowest BCUT2D eigenvalue weighted by molar-refractivity contribution is 0.0929. The number of hydrazone groups is 1. The van der Waals surface area contributed by atoms with Crippen LogP contribution >= 0.6 is 23.2 Å². The summed E-state index contributed by atoms with van der Waals surface area (Å²) < 4.78 is 7.21. The lowest BCUT2D eigenvalue weighted by Crippen LogP contribution is -2.17. The Balaban J connectivity index is 1.56. The van der Waals surface area contributed by atoms with E-state index in [1.807, 2.05) is 43.3 Å². The van der Waals surface area contributed by atoms with E-state index in [0.717, 1.165) is 16.6 Å². The molecule has 0 aliphatic carbocycles. The second kappa shape index (κ2) is 7.73. The van der Waals surface area contributed by atoms with E-state index in [4.69, 9.17) is 27.6 Å². The van der Waals surface area contributed by atoms with Crippen molar-refractivity contribution in [2.75, 3.05) is 0 Å². The van der Waals surface area contributed by atoms with Gasteiger partial charge >= 0.3 is 5.91 Å². The zero-order valence-corrected chi connectivity index (χ0v) is 17.1. The van der Waals surface area contributed by atoms with E-state index in [1.165, 1.54) is 6.21 Å². The number of nitrogens with zero attached hydrogens (tertiary/aromatic N) is 3. The van der Waals surface area contributed by atoms with Crippen molar-refractivity contribution >= 4 is 46.3 Å². The summed E-state index contributed by atoms with van der Waals surface area (Å²) in [6, 6.07) is 14.7. The van der Waals surface area contributed by atoms with Crippen LogP contribution in [0.3, 0.4) is 0 Å². The van der Waals surface area contributed by atoms with Gasteiger partial charge in [0.15, 0.2) is 5.76 Å². The van der Waals surface area contributed by atoms with Crippen LogP contribution in [0.2, 0.25) is 10.2 Å². The Morgan fingerprint density at radius 1 is 1.17 bits per heavy atom. The van der Waals surface area contributed by atoms with Gasteiger partial charge in [-0.25, -0.2) is 10.1 Å². The van der Waals surface area contributed by atoms with Crippen molar-refractivity contribution in [1.82, 2.24) is 15.2 Å². The maximum absolute atomic E-state index is 12.5. The zero-order valence-electron chi connectivity index (χ0n) is 15.6. The standard InChI is InChI=1S/C21H16Cl2N4O2/c1-12-16-8-3-4-9-18(16)29-19(12)21(28)25-24-11-17-13(2)26-27(20(17)23)15-7-5-6-14(22)10-15/h3-11H,1-2H3,(H,25,28)/b24-11+. The highest BCUT2D eigenvalue weighted by Crippen LogP contribution is 2.25. The largest absolute Gasteiger partial charge is 0.451 e. The maximum atomic E-state index is 12.5. The molecule has 2 aromatic heterocycles. The molecular formula is C21H16Cl2N4O2. The van der Waals surface area contributed by atoms with Gasteiger partial charge in [-0.3, -0.25) is 4.79 Å². The molecule has 2 heterocycles. The van der Waals surface area contributed by atoms with E-state index in [2.05, 4.69) is 15.6 Å². The normalized spacial score (nSPS) is 11.4. The molecule has 0 spiro atoms. The lowest BCUT2D eigenvalue weighted by Gasteiger charge is -2.03. The van der Waals surface area contributed by atoms with Gasteiger partial charge in [0.1, 0.15) is 10.7 Å². The SMILES string of the molecule is Cc1nn(-c2cccc(Cl)c2)c(Cl)c1/C=N/NC(=O)c1oc2ccccc2c1C. The van der Waals surface area contributed by atoms with E-state index in [-0.39, 0.29) is 5.76 Å². The van der Waals surface area contributed by atoms with Crippen molar-refractivity contribution in [3.8, 4) is 5.69 Å². The molecule has 29 heavy (non-hydrogen) atoms. The first-order chi connectivity index (χ1) is 14.0. The molecule has 0 aliphatic rings. The molecule has 0 aliphatic heterocycles. The molecule has 0 radical (unpaired) electrons. The highest BCUT2D eigenvalue weighted by Gasteiger charge is 2.17. The summed E-state index contributed by atoms with van der Waals surface area (Å²) in [4.78, 5) is 12.5. The molecule has 6 nitrogen and oxygen atoms in total. The third-order valence-corrected chi connectivity index (χ3v) is 5.11. The molecule has 0 fully saturated rings. The summed E-state index contributed by atoms with van der Waals surface area (Å²) in [6.45, 7) is 3.64. The summed E-state index contributed by atoms with van der Waals surface area (Å²) in [5.41, 5.74) is 5.88. The molecule has 0 saturated heterocycles. The number of para-hydroxylation sites is 1. The topological polar surface area (TPSA) is 72.4 Å². The highest BCUT2D eigenvalue weighted by atomic mass is 35.5. The van der Waals surface area contributed by atoms with Gasteiger partial charge in [-0.2, -0.15) is 10.2 Å². The first-order valence-corrected chi connectivity index (χ1v) is 9.54. The van der Waals surface area contributed by atoms with Crippen molar-refractivity contribution in [3.05, 3.63) is 81.3 Å². The van der Waals surface area contributed by atoms with Gasteiger partial charge < -0.3 is 4.42 Å². The van der Waals surface area contributed by atoms with E-state index in [9.17, 15) is 4.79 Å². The molecule has 0 unspecified atom stereocenters. The molecule has 2 aromatic carbocycles. The average Bonchev–Trinajstić information content (AvgIpc) is 3.19. The molecule has 1 amide bonds. The Morgan fingerprint density at radius 2 is 1.97 bits per heavy atom. The number of hydrogen-bond donors (Lipinski definition) is 1. The average molecular weight is 427 g/mol. The van der Waals surface area contributed by atoms with Gasteiger partial charge in [0, 0.05) is 16.0 Å². The van der Waals surface area contributed by atoms with Crippen molar-refractivity contribution in [1.29, 1.82) is 0 Å². The van der Waals surface area contributed by atoms with Gasteiger partial charge in [0.25, 0.3) is 0 Å². The molecular weight excluding hydrogens is 411 g/mol. The van der Waals surface area contributed by atoms with Crippen LogP contribution in [0.15, 0.2) is 58.0 Å². The molecule has 146 valence electrons. The molecule has 1 N–H and O–H groups in total. The number of amides is 1. The predicted octanol–water partition coefficient (Wildman–Crippen LogP) is 5.31. The van der Waals surface area contributed by atoms with E-state index < -0.39 is 5.91 Å². The predicted molar refractivity (Wildman–Crippen MR) is 114 cm³/mol. The fourth-order valence-electron chi connectivity index (χ4n) is 3.03.